The van der Waals surface area contributed by atoms with Gasteiger partial charge in [0, 0.05) is 21.7 Å². The fourth-order valence-corrected chi connectivity index (χ4v) is 3.68. The number of para-hydroxylation sites is 2. The molecular weight excluding hydrogens is 456 g/mol. The van der Waals surface area contributed by atoms with Gasteiger partial charge in [-0.3, -0.25) is 14.7 Å². The van der Waals surface area contributed by atoms with Gasteiger partial charge < -0.3 is 20.2 Å². The number of hydrogen-bond donors (Lipinski definition) is 4. The molecule has 0 aliphatic rings. The van der Waals surface area contributed by atoms with E-state index in [0.29, 0.717) is 32.9 Å². The molecule has 5 rings (SSSR count). The number of aromatic amines is 1. The van der Waals surface area contributed by atoms with Crippen molar-refractivity contribution in [3.05, 3.63) is 95.3 Å². The van der Waals surface area contributed by atoms with E-state index in [1.54, 1.807) is 60.7 Å². The van der Waals surface area contributed by atoms with Crippen LogP contribution in [-0.4, -0.2) is 27.1 Å². The lowest BCUT2D eigenvalue weighted by atomic mass is 10.1. The Kier molecular flexibility index (Phi) is 5.49. The minimum absolute atomic E-state index is 0.0245. The van der Waals surface area contributed by atoms with Crippen LogP contribution >= 0.6 is 11.6 Å². The summed E-state index contributed by atoms with van der Waals surface area (Å²) in [6.07, 6.45) is 0. The van der Waals surface area contributed by atoms with Gasteiger partial charge in [-0.1, -0.05) is 41.9 Å². The number of phenols is 1. The van der Waals surface area contributed by atoms with Crippen LogP contribution in [0.15, 0.2) is 83.3 Å². The van der Waals surface area contributed by atoms with E-state index in [1.807, 2.05) is 6.07 Å². The normalized spacial score (nSPS) is 10.9. The van der Waals surface area contributed by atoms with Gasteiger partial charge >= 0.3 is 0 Å². The topological polar surface area (TPSA) is 120 Å². The van der Waals surface area contributed by atoms with Crippen LogP contribution in [0.2, 0.25) is 5.02 Å². The van der Waals surface area contributed by atoms with E-state index in [-0.39, 0.29) is 22.9 Å². The Balaban J connectivity index is 1.46. The van der Waals surface area contributed by atoms with Gasteiger partial charge in [-0.05, 0) is 48.5 Å². The molecule has 0 aliphatic carbocycles. The maximum atomic E-state index is 13.0. The van der Waals surface area contributed by atoms with Crippen molar-refractivity contribution in [1.82, 2.24) is 10.2 Å². The van der Waals surface area contributed by atoms with Gasteiger partial charge in [0.15, 0.2) is 0 Å². The number of nitrogens with zero attached hydrogens (tertiary/aromatic N) is 1. The summed E-state index contributed by atoms with van der Waals surface area (Å²) in [6.45, 7) is 0. The van der Waals surface area contributed by atoms with Crippen molar-refractivity contribution in [2.75, 3.05) is 10.6 Å². The molecule has 2 aromatic heterocycles. The van der Waals surface area contributed by atoms with Gasteiger partial charge in [-0.2, -0.15) is 5.10 Å². The first-order valence-corrected chi connectivity index (χ1v) is 10.6. The summed E-state index contributed by atoms with van der Waals surface area (Å²) in [5.41, 5.74) is 2.10. The van der Waals surface area contributed by atoms with E-state index < -0.39 is 11.8 Å². The monoisotopic (exact) mass is 472 g/mol. The summed E-state index contributed by atoms with van der Waals surface area (Å²) in [5, 5.41) is 23.4. The van der Waals surface area contributed by atoms with Gasteiger partial charge in [0.05, 0.1) is 5.69 Å². The molecule has 4 N–H and O–H groups in total. The number of fused-ring (bicyclic) bond motifs is 1. The average Bonchev–Trinajstić information content (AvgIpc) is 3.47. The first-order chi connectivity index (χ1) is 16.5. The van der Waals surface area contributed by atoms with E-state index in [0.717, 1.165) is 0 Å². The summed E-state index contributed by atoms with van der Waals surface area (Å²) >= 11 is 6.01. The number of halogens is 1. The van der Waals surface area contributed by atoms with Gasteiger partial charge in [0.25, 0.3) is 11.8 Å². The fourth-order valence-electron chi connectivity index (χ4n) is 3.51. The highest BCUT2D eigenvalue weighted by Gasteiger charge is 2.24. The van der Waals surface area contributed by atoms with E-state index >= 15 is 0 Å². The van der Waals surface area contributed by atoms with Crippen molar-refractivity contribution >= 4 is 45.8 Å². The van der Waals surface area contributed by atoms with Crippen LogP contribution in [-0.2, 0) is 0 Å². The maximum absolute atomic E-state index is 13.0. The van der Waals surface area contributed by atoms with Crippen LogP contribution in [0.4, 0.5) is 11.4 Å². The van der Waals surface area contributed by atoms with Crippen LogP contribution in [0.25, 0.3) is 22.2 Å². The van der Waals surface area contributed by atoms with E-state index in [9.17, 15) is 14.7 Å². The predicted molar refractivity (Wildman–Crippen MR) is 129 cm³/mol. The van der Waals surface area contributed by atoms with E-state index in [1.165, 1.54) is 12.1 Å². The number of anilines is 2. The number of hydrogen-bond acceptors (Lipinski definition) is 5. The summed E-state index contributed by atoms with van der Waals surface area (Å²) in [7, 11) is 0. The highest BCUT2D eigenvalue weighted by Crippen LogP contribution is 2.33. The Hall–Kier alpha value is -4.56. The van der Waals surface area contributed by atoms with Crippen molar-refractivity contribution in [2.45, 2.75) is 0 Å². The Morgan fingerprint density at radius 2 is 1.68 bits per heavy atom. The lowest BCUT2D eigenvalue weighted by Crippen LogP contribution is -2.17. The quantitative estimate of drug-likeness (QED) is 0.262. The molecule has 3 aromatic carbocycles. The predicted octanol–water partition coefficient (Wildman–Crippen LogP) is 5.69. The molecule has 2 heterocycles. The summed E-state index contributed by atoms with van der Waals surface area (Å²) in [4.78, 5) is 26.0. The summed E-state index contributed by atoms with van der Waals surface area (Å²) in [5.74, 6) is -1.11. The number of aromatic nitrogens is 2. The highest BCUT2D eigenvalue weighted by atomic mass is 35.5. The van der Waals surface area contributed by atoms with Gasteiger partial charge in [-0.25, -0.2) is 0 Å². The number of amides is 2. The molecule has 0 bridgehead atoms. The van der Waals surface area contributed by atoms with Crippen molar-refractivity contribution < 1.29 is 19.1 Å². The first-order valence-electron chi connectivity index (χ1n) is 10.2. The molecular formula is C25H17ClN4O4. The molecule has 2 amide bonds. The number of H-pyrrole nitrogens is 1. The van der Waals surface area contributed by atoms with Gasteiger partial charge in [-0.15, -0.1) is 0 Å². The Bertz CT molecular complexity index is 1520. The molecule has 0 saturated heterocycles. The molecule has 0 fully saturated rings. The van der Waals surface area contributed by atoms with Gasteiger partial charge in [0.2, 0.25) is 5.76 Å². The number of furan rings is 1. The average molecular weight is 473 g/mol. The molecule has 0 spiro atoms. The van der Waals surface area contributed by atoms with Crippen LogP contribution in [0.1, 0.15) is 21.0 Å². The number of aromatic hydroxyl groups is 1. The summed E-state index contributed by atoms with van der Waals surface area (Å²) in [6, 6.07) is 21.9. The lowest BCUT2D eigenvalue weighted by Gasteiger charge is -2.06. The van der Waals surface area contributed by atoms with Crippen molar-refractivity contribution in [1.29, 1.82) is 0 Å². The largest absolute Gasteiger partial charge is 0.507 e. The number of benzene rings is 3. The van der Waals surface area contributed by atoms with Crippen LogP contribution in [0.5, 0.6) is 5.75 Å². The van der Waals surface area contributed by atoms with Crippen LogP contribution in [0, 0.1) is 0 Å². The number of rotatable bonds is 5. The first kappa shape index (κ1) is 21.3. The minimum Gasteiger partial charge on any atom is -0.507 e. The smallest absolute Gasteiger partial charge is 0.293 e. The maximum Gasteiger partial charge on any atom is 0.293 e. The molecule has 0 atom stereocenters. The third kappa shape index (κ3) is 4.10. The van der Waals surface area contributed by atoms with Crippen molar-refractivity contribution in [3.8, 4) is 17.0 Å². The van der Waals surface area contributed by atoms with Crippen molar-refractivity contribution in [2.24, 2.45) is 0 Å². The third-order valence-electron chi connectivity index (χ3n) is 5.13. The lowest BCUT2D eigenvalue weighted by molar-refractivity contribution is 0.0999. The molecule has 34 heavy (non-hydrogen) atoms. The Morgan fingerprint density at radius 3 is 2.50 bits per heavy atom. The molecule has 0 unspecified atom stereocenters. The number of carbonyl (C=O) groups is 2. The fraction of sp³-hybridized carbons (Fsp3) is 0. The van der Waals surface area contributed by atoms with Crippen LogP contribution in [0.3, 0.4) is 0 Å². The van der Waals surface area contributed by atoms with Crippen LogP contribution < -0.4 is 10.6 Å². The second kappa shape index (κ2) is 8.76. The standard InChI is InChI=1S/C25H17ClN4O4/c26-14-10-11-20(31)17(12-14)18-13-19(30-29-18)24(32)28-22-16-8-4-5-9-21(16)34-23(22)25(33)27-15-6-2-1-3-7-15/h1-13,31H,(H,27,33)(H,28,32)(H,29,30). The Morgan fingerprint density at radius 1 is 0.912 bits per heavy atom. The Labute approximate surface area is 198 Å². The molecule has 0 aliphatic heterocycles. The third-order valence-corrected chi connectivity index (χ3v) is 5.36. The minimum atomic E-state index is -0.541. The molecule has 0 saturated carbocycles. The molecule has 8 nitrogen and oxygen atoms in total. The number of phenolic OH excluding ortho intramolecular Hbond substituents is 1. The van der Waals surface area contributed by atoms with E-state index in [2.05, 4.69) is 20.8 Å². The number of nitrogens with one attached hydrogen (secondary N) is 3. The molecule has 9 heteroatoms. The second-order valence-electron chi connectivity index (χ2n) is 7.40. The number of carbonyl (C=O) groups excluding carboxylic acids is 2. The zero-order chi connectivity index (χ0) is 23.7. The zero-order valence-electron chi connectivity index (χ0n) is 17.5. The molecule has 5 aromatic rings. The SMILES string of the molecule is O=C(Nc1c(C(=O)Nc2ccccc2)oc2ccccc12)c1cc(-c2cc(Cl)ccc2O)n[nH]1. The molecule has 168 valence electrons. The summed E-state index contributed by atoms with van der Waals surface area (Å²) < 4.78 is 5.77. The highest BCUT2D eigenvalue weighted by molar-refractivity contribution is 6.31. The second-order valence-corrected chi connectivity index (χ2v) is 7.84. The van der Waals surface area contributed by atoms with E-state index in [4.69, 9.17) is 16.0 Å². The zero-order valence-corrected chi connectivity index (χ0v) is 18.3. The van der Waals surface area contributed by atoms with Crippen molar-refractivity contribution in [3.63, 3.8) is 0 Å². The molecule has 0 radical (unpaired) electrons. The van der Waals surface area contributed by atoms with Gasteiger partial charge in [0.1, 0.15) is 22.7 Å².